The number of halogens is 2. The zero-order chi connectivity index (χ0) is 29.4. The molecule has 7 nitrogen and oxygen atoms in total. The molecule has 0 spiro atoms. The van der Waals surface area contributed by atoms with E-state index in [0.29, 0.717) is 21.7 Å². The van der Waals surface area contributed by atoms with E-state index < -0.39 is 0 Å². The van der Waals surface area contributed by atoms with Gasteiger partial charge in [-0.2, -0.15) is 5.10 Å². The van der Waals surface area contributed by atoms with Crippen molar-refractivity contribution in [1.29, 1.82) is 0 Å². The van der Waals surface area contributed by atoms with Crippen LogP contribution in [0.15, 0.2) is 77.4 Å². The Bertz CT molecular complexity index is 1560. The molecule has 0 unspecified atom stereocenters. The van der Waals surface area contributed by atoms with Gasteiger partial charge in [0.2, 0.25) is 0 Å². The molecule has 2 aliphatic heterocycles. The van der Waals surface area contributed by atoms with Gasteiger partial charge in [-0.25, -0.2) is 5.01 Å². The third-order valence-electron chi connectivity index (χ3n) is 8.51. The summed E-state index contributed by atoms with van der Waals surface area (Å²) in [5, 5.41) is 20.0. The molecule has 6 rings (SSSR count). The Balaban J connectivity index is 1.41. The Morgan fingerprint density at radius 1 is 0.976 bits per heavy atom. The fraction of sp³-hybridized carbons (Fsp3) is 0.333. The number of fused-ring (bicyclic) bond motifs is 1. The van der Waals surface area contributed by atoms with E-state index in [2.05, 4.69) is 13.0 Å². The maximum Gasteiger partial charge on any atom is 0.293 e. The van der Waals surface area contributed by atoms with Crippen molar-refractivity contribution in [3.05, 3.63) is 109 Å². The van der Waals surface area contributed by atoms with Crippen LogP contribution in [0.4, 0.5) is 11.4 Å². The van der Waals surface area contributed by atoms with Crippen LogP contribution in [0.25, 0.3) is 6.08 Å². The number of piperidine rings is 1. The highest BCUT2D eigenvalue weighted by Crippen LogP contribution is 2.47. The van der Waals surface area contributed by atoms with E-state index in [0.717, 1.165) is 67.6 Å². The molecule has 216 valence electrons. The first-order valence-corrected chi connectivity index (χ1v) is 15.2. The highest BCUT2D eigenvalue weighted by atomic mass is 35.5. The lowest BCUT2D eigenvalue weighted by atomic mass is 9.73. The summed E-state index contributed by atoms with van der Waals surface area (Å²) >= 11 is 12.3. The summed E-state index contributed by atoms with van der Waals surface area (Å²) in [4.78, 5) is 28.0. The molecule has 1 amide bonds. The topological polar surface area (TPSA) is 79.0 Å². The standard InChI is InChI=1S/C33H32Cl2N4O3/c1-21-17-25(19-22-5-10-26(34)11-6-22)31-28(18-21)32(23-7-12-27(35)13-8-23)38(36-31)33(40)24-9-14-29(30(20-24)39(41)42)37-15-3-2-4-16-37/h5-14,19-21,28,32H,2-4,15-18H2,1H3/b25-19+/t21-,28-,32-/m1/s1. The average molecular weight is 604 g/mol. The van der Waals surface area contributed by atoms with E-state index >= 15 is 0 Å². The lowest BCUT2D eigenvalue weighted by Crippen LogP contribution is -2.33. The molecule has 0 bridgehead atoms. The molecule has 3 atom stereocenters. The van der Waals surface area contributed by atoms with Gasteiger partial charge in [-0.1, -0.05) is 54.4 Å². The fourth-order valence-electron chi connectivity index (χ4n) is 6.55. The van der Waals surface area contributed by atoms with E-state index in [1.54, 1.807) is 12.1 Å². The van der Waals surface area contributed by atoms with Crippen LogP contribution >= 0.6 is 23.2 Å². The van der Waals surface area contributed by atoms with Crippen LogP contribution < -0.4 is 4.90 Å². The molecule has 2 heterocycles. The zero-order valence-electron chi connectivity index (χ0n) is 23.4. The third-order valence-corrected chi connectivity index (χ3v) is 9.02. The van der Waals surface area contributed by atoms with Crippen molar-refractivity contribution in [2.45, 2.75) is 45.1 Å². The third kappa shape index (κ3) is 5.68. The second-order valence-corrected chi connectivity index (χ2v) is 12.4. The Hall–Kier alpha value is -3.68. The molecular weight excluding hydrogens is 571 g/mol. The van der Waals surface area contributed by atoms with Gasteiger partial charge < -0.3 is 4.90 Å². The summed E-state index contributed by atoms with van der Waals surface area (Å²) in [6, 6.07) is 19.7. The summed E-state index contributed by atoms with van der Waals surface area (Å²) in [6.07, 6.45) is 6.94. The number of hydrazone groups is 1. The van der Waals surface area contributed by atoms with E-state index in [9.17, 15) is 14.9 Å². The van der Waals surface area contributed by atoms with E-state index in [1.165, 1.54) is 11.1 Å². The monoisotopic (exact) mass is 602 g/mol. The van der Waals surface area contributed by atoms with Gasteiger partial charge in [0.25, 0.3) is 11.6 Å². The maximum absolute atomic E-state index is 14.2. The molecule has 2 fully saturated rings. The fourth-order valence-corrected chi connectivity index (χ4v) is 6.80. The number of nitrogens with zero attached hydrogens (tertiary/aromatic N) is 4. The van der Waals surface area contributed by atoms with E-state index in [4.69, 9.17) is 28.3 Å². The van der Waals surface area contributed by atoms with Gasteiger partial charge in [0, 0.05) is 40.7 Å². The molecule has 1 saturated heterocycles. The second-order valence-electron chi connectivity index (χ2n) is 11.5. The first-order chi connectivity index (χ1) is 20.3. The minimum absolute atomic E-state index is 0.0277. The highest BCUT2D eigenvalue weighted by molar-refractivity contribution is 6.30. The molecular formula is C33H32Cl2N4O3. The van der Waals surface area contributed by atoms with Crippen LogP contribution in [-0.4, -0.2) is 34.6 Å². The lowest BCUT2D eigenvalue weighted by molar-refractivity contribution is -0.384. The molecule has 42 heavy (non-hydrogen) atoms. The zero-order valence-corrected chi connectivity index (χ0v) is 24.9. The number of amides is 1. The molecule has 9 heteroatoms. The van der Waals surface area contributed by atoms with Crippen molar-refractivity contribution in [1.82, 2.24) is 5.01 Å². The van der Waals surface area contributed by atoms with Gasteiger partial charge >= 0.3 is 0 Å². The number of allylic oxidation sites excluding steroid dienone is 1. The Morgan fingerprint density at radius 2 is 1.64 bits per heavy atom. The Kier molecular flexibility index (Phi) is 8.06. The molecule has 3 aromatic carbocycles. The van der Waals surface area contributed by atoms with Gasteiger partial charge in [0.05, 0.1) is 16.7 Å². The second kappa shape index (κ2) is 11.9. The first kappa shape index (κ1) is 28.4. The number of carbonyl (C=O) groups is 1. The van der Waals surface area contributed by atoms with Crippen molar-refractivity contribution in [3.63, 3.8) is 0 Å². The van der Waals surface area contributed by atoms with Crippen molar-refractivity contribution >= 4 is 52.3 Å². The van der Waals surface area contributed by atoms with Crippen molar-refractivity contribution < 1.29 is 9.72 Å². The van der Waals surface area contributed by atoms with E-state index in [-0.39, 0.29) is 34.0 Å². The normalized spacial score (nSPS) is 23.1. The van der Waals surface area contributed by atoms with Crippen LogP contribution in [0.1, 0.15) is 66.6 Å². The molecule has 0 radical (unpaired) electrons. The Morgan fingerprint density at radius 3 is 2.31 bits per heavy atom. The number of nitro benzene ring substituents is 1. The minimum atomic E-state index is -0.387. The predicted molar refractivity (Wildman–Crippen MR) is 168 cm³/mol. The molecule has 1 saturated carbocycles. The van der Waals surface area contributed by atoms with E-state index in [1.807, 2.05) is 53.4 Å². The molecule has 0 N–H and O–H groups in total. The van der Waals surface area contributed by atoms with Crippen LogP contribution in [0.5, 0.6) is 0 Å². The molecule has 1 aliphatic carbocycles. The van der Waals surface area contributed by atoms with Gasteiger partial charge in [-0.15, -0.1) is 0 Å². The SMILES string of the molecule is C[C@@H]1C/C(=C\c2ccc(Cl)cc2)C2=NN(C(=O)c3ccc(N4CCCCC4)c([N+](=O)[O-])c3)[C@H](c3ccc(Cl)cc3)[C@@H]2C1. The Labute approximate surface area is 255 Å². The van der Waals surface area contributed by atoms with Gasteiger partial charge in [-0.3, -0.25) is 14.9 Å². The number of hydrogen-bond donors (Lipinski definition) is 0. The number of carbonyl (C=O) groups excluding carboxylic acids is 1. The van der Waals surface area contributed by atoms with Gasteiger partial charge in [0.1, 0.15) is 5.69 Å². The maximum atomic E-state index is 14.2. The van der Waals surface area contributed by atoms with Crippen LogP contribution in [0, 0.1) is 22.0 Å². The smallest absolute Gasteiger partial charge is 0.293 e. The number of benzene rings is 3. The van der Waals surface area contributed by atoms with Crippen molar-refractivity contribution in [3.8, 4) is 0 Å². The molecule has 3 aromatic rings. The number of anilines is 1. The van der Waals surface area contributed by atoms with Gasteiger partial charge in [0.15, 0.2) is 0 Å². The minimum Gasteiger partial charge on any atom is -0.366 e. The summed E-state index contributed by atoms with van der Waals surface area (Å²) in [6.45, 7) is 3.77. The first-order valence-electron chi connectivity index (χ1n) is 14.5. The van der Waals surface area contributed by atoms with Crippen molar-refractivity contribution in [2.24, 2.45) is 16.9 Å². The molecule has 0 aromatic heterocycles. The van der Waals surface area contributed by atoms with Crippen LogP contribution in [-0.2, 0) is 0 Å². The number of rotatable bonds is 5. The quantitative estimate of drug-likeness (QED) is 0.216. The summed E-state index contributed by atoms with van der Waals surface area (Å²) < 4.78 is 0. The van der Waals surface area contributed by atoms with Crippen LogP contribution in [0.2, 0.25) is 10.0 Å². The molecule has 3 aliphatic rings. The van der Waals surface area contributed by atoms with Crippen LogP contribution in [0.3, 0.4) is 0 Å². The number of hydrogen-bond acceptors (Lipinski definition) is 5. The summed E-state index contributed by atoms with van der Waals surface area (Å²) in [5.41, 5.74) is 4.68. The predicted octanol–water partition coefficient (Wildman–Crippen LogP) is 8.57. The largest absolute Gasteiger partial charge is 0.366 e. The van der Waals surface area contributed by atoms with Crippen molar-refractivity contribution in [2.75, 3.05) is 18.0 Å². The summed E-state index contributed by atoms with van der Waals surface area (Å²) in [7, 11) is 0. The highest BCUT2D eigenvalue weighted by Gasteiger charge is 2.45. The average Bonchev–Trinajstić information content (AvgIpc) is 3.38. The number of nitro groups is 1. The van der Waals surface area contributed by atoms with Gasteiger partial charge in [-0.05, 0) is 97.2 Å². The summed E-state index contributed by atoms with van der Waals surface area (Å²) in [5.74, 6) is -0.00839. The lowest BCUT2D eigenvalue weighted by Gasteiger charge is -2.32.